The first-order valence-electron chi connectivity index (χ1n) is 7.80. The molecule has 0 aromatic heterocycles. The number of carbonyl (C=O) groups is 1. The third kappa shape index (κ3) is 5.89. The number of amides is 1. The van der Waals surface area contributed by atoms with Crippen molar-refractivity contribution in [3.63, 3.8) is 0 Å². The van der Waals surface area contributed by atoms with E-state index >= 15 is 0 Å². The third-order valence-electron chi connectivity index (χ3n) is 3.53. The number of hydrogen-bond acceptors (Lipinski definition) is 4. The Morgan fingerprint density at radius 1 is 1.08 bits per heavy atom. The van der Waals surface area contributed by atoms with Crippen LogP contribution >= 0.6 is 12.2 Å². The first-order valence-corrected chi connectivity index (χ1v) is 8.20. The van der Waals surface area contributed by atoms with Crippen molar-refractivity contribution in [3.8, 4) is 11.5 Å². The number of benzene rings is 2. The molecular weight excluding hydrogens is 357 g/mol. The molecular formula is C18H20FN3O3S. The maximum Gasteiger partial charge on any atom is 0.242 e. The van der Waals surface area contributed by atoms with Crippen LogP contribution in [-0.4, -0.2) is 25.2 Å². The second kappa shape index (κ2) is 9.57. The zero-order chi connectivity index (χ0) is 18.9. The van der Waals surface area contributed by atoms with Crippen LogP contribution in [0, 0.1) is 5.82 Å². The Balaban J connectivity index is 1.79. The molecule has 138 valence electrons. The van der Waals surface area contributed by atoms with Gasteiger partial charge in [-0.15, -0.1) is 0 Å². The smallest absolute Gasteiger partial charge is 0.242 e. The standard InChI is InChI=1S/C18H20FN3O3S/c1-24-15-8-5-13(16(10-15)25-2)9-17(23)21-22-18(26)20-11-12-3-6-14(19)7-4-12/h3-8,10H,9,11H2,1-2H3,(H,21,23)(H2,20,22,26). The van der Waals surface area contributed by atoms with Gasteiger partial charge in [0, 0.05) is 18.2 Å². The lowest BCUT2D eigenvalue weighted by atomic mass is 10.1. The summed E-state index contributed by atoms with van der Waals surface area (Å²) in [5.41, 5.74) is 6.73. The van der Waals surface area contributed by atoms with Crippen LogP contribution < -0.4 is 25.6 Å². The van der Waals surface area contributed by atoms with Gasteiger partial charge in [0.15, 0.2) is 5.11 Å². The number of carbonyl (C=O) groups excluding carboxylic acids is 1. The molecule has 0 heterocycles. The number of ether oxygens (including phenoxy) is 2. The summed E-state index contributed by atoms with van der Waals surface area (Å²) in [7, 11) is 3.09. The summed E-state index contributed by atoms with van der Waals surface area (Å²) in [5.74, 6) is 0.641. The zero-order valence-corrected chi connectivity index (χ0v) is 15.3. The molecule has 3 N–H and O–H groups in total. The number of nitrogens with one attached hydrogen (secondary N) is 3. The summed E-state index contributed by atoms with van der Waals surface area (Å²) in [6.07, 6.45) is 0.112. The summed E-state index contributed by atoms with van der Waals surface area (Å²) in [6, 6.07) is 11.3. The largest absolute Gasteiger partial charge is 0.497 e. The molecule has 2 aromatic rings. The fraction of sp³-hybridized carbons (Fsp3) is 0.222. The highest BCUT2D eigenvalue weighted by Gasteiger charge is 2.10. The summed E-state index contributed by atoms with van der Waals surface area (Å²) >= 11 is 5.09. The molecule has 0 bridgehead atoms. The monoisotopic (exact) mass is 377 g/mol. The average molecular weight is 377 g/mol. The molecule has 0 saturated heterocycles. The van der Waals surface area contributed by atoms with E-state index in [1.807, 2.05) is 0 Å². The van der Waals surface area contributed by atoms with Gasteiger partial charge in [0.2, 0.25) is 5.91 Å². The third-order valence-corrected chi connectivity index (χ3v) is 3.77. The Morgan fingerprint density at radius 3 is 2.46 bits per heavy atom. The molecule has 8 heteroatoms. The van der Waals surface area contributed by atoms with E-state index in [-0.39, 0.29) is 23.3 Å². The van der Waals surface area contributed by atoms with Crippen molar-refractivity contribution >= 4 is 23.2 Å². The molecule has 2 rings (SSSR count). The van der Waals surface area contributed by atoms with Crippen LogP contribution in [0.4, 0.5) is 4.39 Å². The number of rotatable bonds is 6. The highest BCUT2D eigenvalue weighted by Crippen LogP contribution is 2.24. The molecule has 0 saturated carbocycles. The molecule has 2 aromatic carbocycles. The summed E-state index contributed by atoms with van der Waals surface area (Å²) < 4.78 is 23.2. The molecule has 0 aliphatic rings. The Hall–Kier alpha value is -2.87. The van der Waals surface area contributed by atoms with Crippen molar-refractivity contribution in [1.29, 1.82) is 0 Å². The lowest BCUT2D eigenvalue weighted by molar-refractivity contribution is -0.121. The van der Waals surface area contributed by atoms with Gasteiger partial charge in [-0.2, -0.15) is 0 Å². The van der Waals surface area contributed by atoms with Gasteiger partial charge >= 0.3 is 0 Å². The first-order chi connectivity index (χ1) is 12.5. The predicted molar refractivity (Wildman–Crippen MR) is 100 cm³/mol. The number of hydrazine groups is 1. The van der Waals surface area contributed by atoms with E-state index in [0.717, 1.165) is 11.1 Å². The van der Waals surface area contributed by atoms with Crippen LogP contribution in [0.25, 0.3) is 0 Å². The SMILES string of the molecule is COc1ccc(CC(=O)NNC(=S)NCc2ccc(F)cc2)c(OC)c1. The Kier molecular flexibility index (Phi) is 7.16. The molecule has 0 aliphatic heterocycles. The topological polar surface area (TPSA) is 71.6 Å². The highest BCUT2D eigenvalue weighted by atomic mass is 32.1. The van der Waals surface area contributed by atoms with Crippen LogP contribution in [0.3, 0.4) is 0 Å². The quantitative estimate of drug-likeness (QED) is 0.529. The van der Waals surface area contributed by atoms with E-state index in [4.69, 9.17) is 21.7 Å². The minimum absolute atomic E-state index is 0.112. The van der Waals surface area contributed by atoms with Crippen LogP contribution in [-0.2, 0) is 17.8 Å². The van der Waals surface area contributed by atoms with Crippen molar-refractivity contribution in [2.75, 3.05) is 14.2 Å². The minimum atomic E-state index is -0.296. The van der Waals surface area contributed by atoms with Gasteiger partial charge in [-0.05, 0) is 36.0 Å². The fourth-order valence-electron chi connectivity index (χ4n) is 2.17. The molecule has 0 aliphatic carbocycles. The molecule has 0 spiro atoms. The van der Waals surface area contributed by atoms with Crippen molar-refractivity contribution in [2.45, 2.75) is 13.0 Å². The summed E-state index contributed by atoms with van der Waals surface area (Å²) in [5, 5.41) is 3.17. The van der Waals surface area contributed by atoms with Gasteiger partial charge < -0.3 is 14.8 Å². The van der Waals surface area contributed by atoms with E-state index in [1.54, 1.807) is 37.4 Å². The van der Waals surface area contributed by atoms with Crippen LogP contribution in [0.2, 0.25) is 0 Å². The van der Waals surface area contributed by atoms with E-state index in [0.29, 0.717) is 18.0 Å². The van der Waals surface area contributed by atoms with Gasteiger partial charge in [-0.3, -0.25) is 15.6 Å². The number of thiocarbonyl (C=S) groups is 1. The molecule has 0 radical (unpaired) electrons. The minimum Gasteiger partial charge on any atom is -0.497 e. The lowest BCUT2D eigenvalue weighted by Crippen LogP contribution is -2.47. The van der Waals surface area contributed by atoms with Gasteiger partial charge in [0.25, 0.3) is 0 Å². The molecule has 1 amide bonds. The Labute approximate surface area is 156 Å². The molecule has 0 unspecified atom stereocenters. The fourth-order valence-corrected chi connectivity index (χ4v) is 2.29. The second-order valence-corrected chi connectivity index (χ2v) is 5.75. The normalized spacial score (nSPS) is 9.96. The molecule has 0 atom stereocenters. The molecule has 6 nitrogen and oxygen atoms in total. The van der Waals surface area contributed by atoms with Gasteiger partial charge in [-0.1, -0.05) is 18.2 Å². The van der Waals surface area contributed by atoms with Crippen molar-refractivity contribution in [1.82, 2.24) is 16.2 Å². The lowest BCUT2D eigenvalue weighted by Gasteiger charge is -2.13. The van der Waals surface area contributed by atoms with Gasteiger partial charge in [0.1, 0.15) is 17.3 Å². The first kappa shape index (κ1) is 19.5. The molecule has 0 fully saturated rings. The van der Waals surface area contributed by atoms with E-state index in [1.165, 1.54) is 19.2 Å². The van der Waals surface area contributed by atoms with Crippen LogP contribution in [0.5, 0.6) is 11.5 Å². The Morgan fingerprint density at radius 2 is 1.81 bits per heavy atom. The van der Waals surface area contributed by atoms with Gasteiger partial charge in [0.05, 0.1) is 20.6 Å². The number of methoxy groups -OCH3 is 2. The predicted octanol–water partition coefficient (Wildman–Crippen LogP) is 2.08. The van der Waals surface area contributed by atoms with Crippen LogP contribution in [0.1, 0.15) is 11.1 Å². The Bertz CT molecular complexity index is 769. The van der Waals surface area contributed by atoms with E-state index in [9.17, 15) is 9.18 Å². The average Bonchev–Trinajstić information content (AvgIpc) is 2.66. The van der Waals surface area contributed by atoms with E-state index in [2.05, 4.69) is 16.2 Å². The van der Waals surface area contributed by atoms with Crippen molar-refractivity contribution in [2.24, 2.45) is 0 Å². The summed E-state index contributed by atoms with van der Waals surface area (Å²) in [6.45, 7) is 0.411. The van der Waals surface area contributed by atoms with Crippen LogP contribution in [0.15, 0.2) is 42.5 Å². The van der Waals surface area contributed by atoms with Crippen molar-refractivity contribution < 1.29 is 18.7 Å². The number of halogens is 1. The second-order valence-electron chi connectivity index (χ2n) is 5.34. The van der Waals surface area contributed by atoms with Gasteiger partial charge in [-0.25, -0.2) is 4.39 Å². The van der Waals surface area contributed by atoms with Crippen molar-refractivity contribution in [3.05, 3.63) is 59.4 Å². The zero-order valence-electron chi connectivity index (χ0n) is 14.5. The number of hydrogen-bond donors (Lipinski definition) is 3. The highest BCUT2D eigenvalue weighted by molar-refractivity contribution is 7.80. The maximum absolute atomic E-state index is 12.8. The van der Waals surface area contributed by atoms with E-state index < -0.39 is 0 Å². The molecule has 26 heavy (non-hydrogen) atoms. The summed E-state index contributed by atoms with van der Waals surface area (Å²) in [4.78, 5) is 12.1. The maximum atomic E-state index is 12.8.